The molecule has 2 aliphatic rings. The van der Waals surface area contributed by atoms with E-state index in [1.165, 1.54) is 0 Å². The highest BCUT2D eigenvalue weighted by Crippen LogP contribution is 2.39. The van der Waals surface area contributed by atoms with Gasteiger partial charge in [-0.15, -0.1) is 0 Å². The Kier molecular flexibility index (Phi) is 3.45. The van der Waals surface area contributed by atoms with Crippen molar-refractivity contribution in [3.05, 3.63) is 0 Å². The van der Waals surface area contributed by atoms with Gasteiger partial charge in [-0.25, -0.2) is 8.42 Å². The molecule has 0 aromatic carbocycles. The minimum absolute atomic E-state index is 0.00792. The maximum Gasteiger partial charge on any atom is 0.310 e. The smallest absolute Gasteiger partial charge is 0.310 e. The van der Waals surface area contributed by atoms with Gasteiger partial charge >= 0.3 is 5.97 Å². The first-order chi connectivity index (χ1) is 7.94. The van der Waals surface area contributed by atoms with E-state index in [9.17, 15) is 18.3 Å². The molecular weight excluding hydrogens is 244 g/mol. The van der Waals surface area contributed by atoms with Crippen LogP contribution >= 0.6 is 0 Å². The van der Waals surface area contributed by atoms with Gasteiger partial charge in [0.2, 0.25) is 0 Å². The molecule has 0 radical (unpaired) electrons. The summed E-state index contributed by atoms with van der Waals surface area (Å²) >= 11 is 0. The van der Waals surface area contributed by atoms with Crippen molar-refractivity contribution in [3.8, 4) is 0 Å². The predicted molar refractivity (Wildman–Crippen MR) is 61.5 cm³/mol. The lowest BCUT2D eigenvalue weighted by molar-refractivity contribution is -0.150. The van der Waals surface area contributed by atoms with Crippen molar-refractivity contribution in [2.75, 3.05) is 18.1 Å². The number of rotatable bonds is 3. The number of carbonyl (C=O) groups is 1. The second kappa shape index (κ2) is 4.57. The van der Waals surface area contributed by atoms with Crippen LogP contribution < -0.4 is 0 Å². The number of sulfone groups is 1. The van der Waals surface area contributed by atoms with Crippen molar-refractivity contribution in [2.45, 2.75) is 38.2 Å². The SMILES string of the molecule is O=C(O)C1(CC2CCCCO2)CCS(=O)(=O)C1. The van der Waals surface area contributed by atoms with Crippen molar-refractivity contribution >= 4 is 15.8 Å². The van der Waals surface area contributed by atoms with Crippen molar-refractivity contribution < 1.29 is 23.1 Å². The summed E-state index contributed by atoms with van der Waals surface area (Å²) < 4.78 is 28.5. The maximum absolute atomic E-state index is 11.5. The number of carboxylic acids is 1. The largest absolute Gasteiger partial charge is 0.481 e. The van der Waals surface area contributed by atoms with Gasteiger partial charge in [0.25, 0.3) is 0 Å². The van der Waals surface area contributed by atoms with Gasteiger partial charge in [-0.3, -0.25) is 4.79 Å². The molecule has 2 atom stereocenters. The molecule has 0 spiro atoms. The molecule has 2 aliphatic heterocycles. The van der Waals surface area contributed by atoms with Gasteiger partial charge in [0, 0.05) is 6.61 Å². The third-order valence-electron chi connectivity index (χ3n) is 3.73. The Morgan fingerprint density at radius 2 is 2.18 bits per heavy atom. The minimum atomic E-state index is -3.19. The summed E-state index contributed by atoms with van der Waals surface area (Å²) in [5, 5.41) is 9.31. The van der Waals surface area contributed by atoms with Gasteiger partial charge in [0.05, 0.1) is 23.0 Å². The first kappa shape index (κ1) is 12.8. The van der Waals surface area contributed by atoms with E-state index in [1.807, 2.05) is 0 Å². The van der Waals surface area contributed by atoms with Gasteiger partial charge in [0.1, 0.15) is 0 Å². The minimum Gasteiger partial charge on any atom is -0.481 e. The molecule has 2 fully saturated rings. The monoisotopic (exact) mass is 262 g/mol. The van der Waals surface area contributed by atoms with Crippen molar-refractivity contribution in [1.29, 1.82) is 0 Å². The number of hydrogen-bond acceptors (Lipinski definition) is 4. The lowest BCUT2D eigenvalue weighted by Gasteiger charge is -2.30. The molecule has 17 heavy (non-hydrogen) atoms. The number of hydrogen-bond donors (Lipinski definition) is 1. The van der Waals surface area contributed by atoms with E-state index in [4.69, 9.17) is 4.74 Å². The Bertz CT molecular complexity index is 396. The average molecular weight is 262 g/mol. The summed E-state index contributed by atoms with van der Waals surface area (Å²) in [5.74, 6) is -1.23. The molecular formula is C11H18O5S. The first-order valence-electron chi connectivity index (χ1n) is 5.99. The second-order valence-electron chi connectivity index (χ2n) is 5.12. The van der Waals surface area contributed by atoms with Crippen LogP contribution in [0.5, 0.6) is 0 Å². The number of ether oxygens (including phenoxy) is 1. The summed E-state index contributed by atoms with van der Waals surface area (Å²) in [5.41, 5.74) is -1.11. The zero-order chi connectivity index (χ0) is 12.5. The van der Waals surface area contributed by atoms with E-state index < -0.39 is 21.2 Å². The molecule has 1 N–H and O–H groups in total. The van der Waals surface area contributed by atoms with E-state index >= 15 is 0 Å². The van der Waals surface area contributed by atoms with Gasteiger partial charge in [-0.05, 0) is 32.1 Å². The van der Waals surface area contributed by atoms with E-state index in [-0.39, 0.29) is 24.0 Å². The Hall–Kier alpha value is -0.620. The zero-order valence-corrected chi connectivity index (χ0v) is 10.5. The average Bonchev–Trinajstić information content (AvgIpc) is 2.57. The van der Waals surface area contributed by atoms with E-state index in [0.29, 0.717) is 13.0 Å². The van der Waals surface area contributed by atoms with Crippen LogP contribution in [0.15, 0.2) is 0 Å². The van der Waals surface area contributed by atoms with Crippen molar-refractivity contribution in [1.82, 2.24) is 0 Å². The van der Waals surface area contributed by atoms with Crippen LogP contribution in [0.3, 0.4) is 0 Å². The molecule has 0 amide bonds. The fourth-order valence-corrected chi connectivity index (χ4v) is 4.81. The quantitative estimate of drug-likeness (QED) is 0.815. The van der Waals surface area contributed by atoms with Gasteiger partial charge in [-0.1, -0.05) is 0 Å². The van der Waals surface area contributed by atoms with Crippen LogP contribution in [-0.4, -0.2) is 43.7 Å². The molecule has 0 bridgehead atoms. The Morgan fingerprint density at radius 3 is 2.65 bits per heavy atom. The fraction of sp³-hybridized carbons (Fsp3) is 0.909. The number of aliphatic carboxylic acids is 1. The summed E-state index contributed by atoms with van der Waals surface area (Å²) in [4.78, 5) is 11.4. The predicted octanol–water partition coefficient (Wildman–Crippen LogP) is 0.835. The molecule has 6 heteroatoms. The summed E-state index contributed by atoms with van der Waals surface area (Å²) in [7, 11) is -3.19. The van der Waals surface area contributed by atoms with Crippen LogP contribution in [0.4, 0.5) is 0 Å². The third kappa shape index (κ3) is 2.80. The first-order valence-corrected chi connectivity index (χ1v) is 7.81. The lowest BCUT2D eigenvalue weighted by Crippen LogP contribution is -2.37. The summed E-state index contributed by atoms with van der Waals surface area (Å²) in [6.45, 7) is 0.660. The molecule has 2 rings (SSSR count). The molecule has 0 aromatic heterocycles. The topological polar surface area (TPSA) is 80.7 Å². The lowest BCUT2D eigenvalue weighted by atomic mass is 9.80. The molecule has 2 unspecified atom stereocenters. The normalized spacial score (nSPS) is 36.8. The molecule has 0 aromatic rings. The number of carboxylic acid groups (broad SMARTS) is 1. The van der Waals surface area contributed by atoms with Gasteiger partial charge in [-0.2, -0.15) is 0 Å². The van der Waals surface area contributed by atoms with Crippen molar-refractivity contribution in [2.24, 2.45) is 5.41 Å². The zero-order valence-electron chi connectivity index (χ0n) is 9.72. The van der Waals surface area contributed by atoms with E-state index in [2.05, 4.69) is 0 Å². The molecule has 98 valence electrons. The highest BCUT2D eigenvalue weighted by molar-refractivity contribution is 7.91. The maximum atomic E-state index is 11.5. The Labute approximate surface area is 101 Å². The van der Waals surface area contributed by atoms with Gasteiger partial charge in [0.15, 0.2) is 9.84 Å². The Balaban J connectivity index is 2.10. The van der Waals surface area contributed by atoms with Crippen LogP contribution in [-0.2, 0) is 19.4 Å². The highest BCUT2D eigenvalue weighted by atomic mass is 32.2. The Morgan fingerprint density at radius 1 is 1.41 bits per heavy atom. The standard InChI is InChI=1S/C11H18O5S/c12-10(13)11(4-6-17(14,15)8-11)7-9-3-1-2-5-16-9/h9H,1-8H2,(H,12,13). The molecule has 2 heterocycles. The van der Waals surface area contributed by atoms with Crippen molar-refractivity contribution in [3.63, 3.8) is 0 Å². The fourth-order valence-electron chi connectivity index (χ4n) is 2.74. The van der Waals surface area contributed by atoms with Crippen LogP contribution in [0, 0.1) is 5.41 Å². The van der Waals surface area contributed by atoms with Crippen LogP contribution in [0.2, 0.25) is 0 Å². The van der Waals surface area contributed by atoms with E-state index in [0.717, 1.165) is 19.3 Å². The summed E-state index contributed by atoms with van der Waals surface area (Å²) in [6.07, 6.45) is 3.36. The van der Waals surface area contributed by atoms with Crippen LogP contribution in [0.25, 0.3) is 0 Å². The second-order valence-corrected chi connectivity index (χ2v) is 7.30. The summed E-state index contributed by atoms with van der Waals surface area (Å²) in [6, 6.07) is 0. The molecule has 5 nitrogen and oxygen atoms in total. The third-order valence-corrected chi connectivity index (χ3v) is 5.55. The van der Waals surface area contributed by atoms with Gasteiger partial charge < -0.3 is 9.84 Å². The van der Waals surface area contributed by atoms with Crippen LogP contribution in [0.1, 0.15) is 32.1 Å². The molecule has 2 saturated heterocycles. The highest BCUT2D eigenvalue weighted by Gasteiger charge is 2.49. The molecule has 0 saturated carbocycles. The van der Waals surface area contributed by atoms with E-state index in [1.54, 1.807) is 0 Å². The molecule has 0 aliphatic carbocycles.